The summed E-state index contributed by atoms with van der Waals surface area (Å²) in [6.45, 7) is 4.23. The average Bonchev–Trinajstić information content (AvgIpc) is 2.90. The van der Waals surface area contributed by atoms with Gasteiger partial charge in [-0.15, -0.1) is 0 Å². The number of unbranched alkanes of at least 4 members (excludes halogenated alkanes) is 19. The van der Waals surface area contributed by atoms with Crippen molar-refractivity contribution in [2.45, 2.75) is 174 Å². The standard InChI is InChI=1S/C33H63NO3/c1-3-5-7-9-11-13-15-17-18-20-22-24-26-28-32(36)31(30-35)34-33(37)29-27-25-23-21-19-16-14-12-10-8-6-4-2/h7,9,26,28,31-32,35-36H,3-6,8,10-25,27,29-30H2,1-2H3,(H,34,37)/b9-7+,28-26+/t31-,32+/m0/s1. The molecule has 0 radical (unpaired) electrons. The Morgan fingerprint density at radius 1 is 0.622 bits per heavy atom. The van der Waals surface area contributed by atoms with E-state index in [9.17, 15) is 15.0 Å². The number of carbonyl (C=O) groups excluding carboxylic acids is 1. The van der Waals surface area contributed by atoms with Crippen molar-refractivity contribution in [3.8, 4) is 0 Å². The molecule has 0 saturated carbocycles. The van der Waals surface area contributed by atoms with Crippen LogP contribution in [-0.4, -0.2) is 34.9 Å². The molecule has 4 heteroatoms. The maximum absolute atomic E-state index is 12.2. The Balaban J connectivity index is 3.67. The average molecular weight is 522 g/mol. The topological polar surface area (TPSA) is 69.6 Å². The molecule has 3 N–H and O–H groups in total. The van der Waals surface area contributed by atoms with Crippen LogP contribution in [0.4, 0.5) is 0 Å². The molecule has 4 nitrogen and oxygen atoms in total. The second kappa shape index (κ2) is 29.4. The van der Waals surface area contributed by atoms with E-state index >= 15 is 0 Å². The van der Waals surface area contributed by atoms with Gasteiger partial charge in [-0.1, -0.05) is 141 Å². The molecule has 0 aromatic carbocycles. The first-order valence-corrected chi connectivity index (χ1v) is 16.1. The van der Waals surface area contributed by atoms with Gasteiger partial charge < -0.3 is 15.5 Å². The maximum atomic E-state index is 12.2. The Labute approximate surface area is 230 Å². The van der Waals surface area contributed by atoms with E-state index in [0.29, 0.717) is 6.42 Å². The molecule has 1 amide bonds. The molecular weight excluding hydrogens is 458 g/mol. The molecule has 0 aliphatic carbocycles. The van der Waals surface area contributed by atoms with E-state index < -0.39 is 12.1 Å². The van der Waals surface area contributed by atoms with Crippen LogP contribution in [0.25, 0.3) is 0 Å². The van der Waals surface area contributed by atoms with Crippen LogP contribution in [0.1, 0.15) is 162 Å². The number of nitrogens with one attached hydrogen (secondary N) is 1. The molecule has 0 heterocycles. The highest BCUT2D eigenvalue weighted by Gasteiger charge is 2.17. The fraction of sp³-hybridized carbons (Fsp3) is 0.848. The summed E-state index contributed by atoms with van der Waals surface area (Å²) in [7, 11) is 0. The largest absolute Gasteiger partial charge is 0.394 e. The minimum absolute atomic E-state index is 0.0700. The Morgan fingerprint density at radius 3 is 1.59 bits per heavy atom. The fourth-order valence-electron chi connectivity index (χ4n) is 4.65. The van der Waals surface area contributed by atoms with Crippen molar-refractivity contribution in [2.75, 3.05) is 6.61 Å². The van der Waals surface area contributed by atoms with Gasteiger partial charge in [0.1, 0.15) is 0 Å². The number of rotatable bonds is 28. The zero-order chi connectivity index (χ0) is 27.2. The van der Waals surface area contributed by atoms with Crippen LogP contribution in [0.5, 0.6) is 0 Å². The van der Waals surface area contributed by atoms with E-state index in [2.05, 4.69) is 31.3 Å². The summed E-state index contributed by atoms with van der Waals surface area (Å²) in [5, 5.41) is 22.8. The van der Waals surface area contributed by atoms with E-state index in [1.165, 1.54) is 116 Å². The second-order valence-corrected chi connectivity index (χ2v) is 10.9. The van der Waals surface area contributed by atoms with Gasteiger partial charge in [-0.25, -0.2) is 0 Å². The van der Waals surface area contributed by atoms with Gasteiger partial charge in [-0.3, -0.25) is 4.79 Å². The van der Waals surface area contributed by atoms with Gasteiger partial charge in [-0.05, 0) is 38.5 Å². The van der Waals surface area contributed by atoms with Gasteiger partial charge in [0.05, 0.1) is 18.8 Å². The minimum Gasteiger partial charge on any atom is -0.394 e. The van der Waals surface area contributed by atoms with Crippen molar-refractivity contribution in [3.05, 3.63) is 24.3 Å². The molecule has 218 valence electrons. The molecule has 37 heavy (non-hydrogen) atoms. The Morgan fingerprint density at radius 2 is 1.08 bits per heavy atom. The lowest BCUT2D eigenvalue weighted by Gasteiger charge is -2.20. The van der Waals surface area contributed by atoms with Gasteiger partial charge in [0.2, 0.25) is 5.91 Å². The lowest BCUT2D eigenvalue weighted by atomic mass is 10.0. The molecule has 0 aliphatic heterocycles. The summed E-state index contributed by atoms with van der Waals surface area (Å²) in [5.74, 6) is -0.0700. The summed E-state index contributed by atoms with van der Waals surface area (Å²) < 4.78 is 0. The maximum Gasteiger partial charge on any atom is 0.220 e. The third-order valence-corrected chi connectivity index (χ3v) is 7.16. The summed E-state index contributed by atoms with van der Waals surface area (Å²) >= 11 is 0. The van der Waals surface area contributed by atoms with Crippen molar-refractivity contribution in [1.82, 2.24) is 5.32 Å². The molecule has 0 aromatic rings. The normalized spacial score (nSPS) is 13.5. The number of aliphatic hydroxyl groups is 2. The van der Waals surface area contributed by atoms with Crippen molar-refractivity contribution < 1.29 is 15.0 Å². The van der Waals surface area contributed by atoms with Crippen LogP contribution in [0, 0.1) is 0 Å². The van der Waals surface area contributed by atoms with Gasteiger partial charge in [0.25, 0.3) is 0 Å². The van der Waals surface area contributed by atoms with Crippen LogP contribution in [0.2, 0.25) is 0 Å². The molecule has 0 aromatic heterocycles. The van der Waals surface area contributed by atoms with Crippen LogP contribution in [0.3, 0.4) is 0 Å². The van der Waals surface area contributed by atoms with Crippen LogP contribution >= 0.6 is 0 Å². The molecule has 0 bridgehead atoms. The number of aliphatic hydroxyl groups excluding tert-OH is 2. The molecule has 0 unspecified atom stereocenters. The van der Waals surface area contributed by atoms with Crippen LogP contribution < -0.4 is 5.32 Å². The van der Waals surface area contributed by atoms with E-state index in [-0.39, 0.29) is 12.5 Å². The number of hydrogen-bond acceptors (Lipinski definition) is 3. The van der Waals surface area contributed by atoms with E-state index in [1.54, 1.807) is 6.08 Å². The predicted molar refractivity (Wildman–Crippen MR) is 161 cm³/mol. The number of amides is 1. The number of allylic oxidation sites excluding steroid dienone is 3. The van der Waals surface area contributed by atoms with Crippen molar-refractivity contribution in [3.63, 3.8) is 0 Å². The minimum atomic E-state index is -0.836. The monoisotopic (exact) mass is 521 g/mol. The van der Waals surface area contributed by atoms with Crippen molar-refractivity contribution in [1.29, 1.82) is 0 Å². The molecule has 0 spiro atoms. The molecule has 0 saturated heterocycles. The van der Waals surface area contributed by atoms with Gasteiger partial charge in [-0.2, -0.15) is 0 Å². The first-order valence-electron chi connectivity index (χ1n) is 16.1. The number of carbonyl (C=O) groups is 1. The van der Waals surface area contributed by atoms with Crippen LogP contribution in [0.15, 0.2) is 24.3 Å². The molecule has 2 atom stereocenters. The Bertz CT molecular complexity index is 532. The third-order valence-electron chi connectivity index (χ3n) is 7.16. The summed E-state index contributed by atoms with van der Waals surface area (Å²) in [5.41, 5.74) is 0. The molecule has 0 rings (SSSR count). The lowest BCUT2D eigenvalue weighted by molar-refractivity contribution is -0.123. The highest BCUT2D eigenvalue weighted by molar-refractivity contribution is 5.76. The van der Waals surface area contributed by atoms with Crippen molar-refractivity contribution in [2.24, 2.45) is 0 Å². The fourth-order valence-corrected chi connectivity index (χ4v) is 4.65. The SMILES string of the molecule is CCC/C=C/CCCCCCCC/C=C/[C@@H](O)[C@H](CO)NC(=O)CCCCCCCCCCCCCC. The predicted octanol–water partition coefficient (Wildman–Crippen LogP) is 8.95. The third kappa shape index (κ3) is 26.3. The van der Waals surface area contributed by atoms with E-state index in [1.807, 2.05) is 6.08 Å². The first-order chi connectivity index (χ1) is 18.2. The second-order valence-electron chi connectivity index (χ2n) is 10.9. The summed E-state index contributed by atoms with van der Waals surface area (Å²) in [4.78, 5) is 12.2. The van der Waals surface area contributed by atoms with Crippen molar-refractivity contribution >= 4 is 5.91 Å². The molecular formula is C33H63NO3. The van der Waals surface area contributed by atoms with Crippen LogP contribution in [-0.2, 0) is 4.79 Å². The number of hydrogen-bond donors (Lipinski definition) is 3. The zero-order valence-electron chi connectivity index (χ0n) is 24.7. The molecule has 0 fully saturated rings. The van der Waals surface area contributed by atoms with Gasteiger partial charge in [0.15, 0.2) is 0 Å². The highest BCUT2D eigenvalue weighted by atomic mass is 16.3. The highest BCUT2D eigenvalue weighted by Crippen LogP contribution is 2.13. The lowest BCUT2D eigenvalue weighted by Crippen LogP contribution is -2.45. The van der Waals surface area contributed by atoms with Gasteiger partial charge >= 0.3 is 0 Å². The van der Waals surface area contributed by atoms with Gasteiger partial charge in [0, 0.05) is 6.42 Å². The Hall–Kier alpha value is -1.13. The summed E-state index contributed by atoms with van der Waals surface area (Å²) in [6.07, 6.45) is 35.3. The molecule has 0 aliphatic rings. The smallest absolute Gasteiger partial charge is 0.220 e. The van der Waals surface area contributed by atoms with E-state index in [4.69, 9.17) is 0 Å². The first kappa shape index (κ1) is 35.9. The Kier molecular flexibility index (Phi) is 28.5. The summed E-state index contributed by atoms with van der Waals surface area (Å²) in [6, 6.07) is -0.618. The zero-order valence-corrected chi connectivity index (χ0v) is 24.7. The van der Waals surface area contributed by atoms with E-state index in [0.717, 1.165) is 25.7 Å². The quantitative estimate of drug-likeness (QED) is 0.0711.